The first-order valence-corrected chi connectivity index (χ1v) is 10.8. The number of Topliss-reactive ketones (excluding diaryl/α,β-unsaturated/α-hetero) is 1. The number of aryl methyl sites for hydroxylation is 1. The zero-order chi connectivity index (χ0) is 23.3. The van der Waals surface area contributed by atoms with Crippen LogP contribution in [-0.2, 0) is 4.84 Å². The fraction of sp³-hybridized carbons (Fsp3) is 0.259. The monoisotopic (exact) mass is 432 g/mol. The van der Waals surface area contributed by atoms with Crippen LogP contribution in [0.2, 0.25) is 0 Å². The lowest BCUT2D eigenvalue weighted by Crippen LogP contribution is -2.18. The summed E-state index contributed by atoms with van der Waals surface area (Å²) in [4.78, 5) is 18.5. The van der Waals surface area contributed by atoms with Crippen molar-refractivity contribution >= 4 is 11.5 Å². The van der Waals surface area contributed by atoms with E-state index in [2.05, 4.69) is 11.7 Å². The molecule has 0 spiro atoms. The Kier molecular flexibility index (Phi) is 7.41. The van der Waals surface area contributed by atoms with Gasteiger partial charge in [0.25, 0.3) is 0 Å². The van der Waals surface area contributed by atoms with Crippen LogP contribution in [0.5, 0.6) is 0 Å². The molecule has 0 saturated carbocycles. The summed E-state index contributed by atoms with van der Waals surface area (Å²) >= 11 is 0. The second-order valence-corrected chi connectivity index (χ2v) is 8.08. The second-order valence-electron chi connectivity index (χ2n) is 8.08. The van der Waals surface area contributed by atoms with Gasteiger partial charge in [0.05, 0.1) is 11.4 Å². The Labute approximate surface area is 189 Å². The van der Waals surface area contributed by atoms with Crippen LogP contribution in [0.4, 0.5) is 4.39 Å². The maximum atomic E-state index is 14.7. The van der Waals surface area contributed by atoms with E-state index >= 15 is 0 Å². The van der Waals surface area contributed by atoms with Crippen molar-refractivity contribution in [3.63, 3.8) is 0 Å². The molecule has 0 aromatic heterocycles. The molecule has 2 unspecified atom stereocenters. The third-order valence-electron chi connectivity index (χ3n) is 5.62. The number of benzene rings is 2. The first-order valence-electron chi connectivity index (χ1n) is 10.8. The van der Waals surface area contributed by atoms with Gasteiger partial charge in [0.2, 0.25) is 0 Å². The molecule has 0 saturated heterocycles. The molecule has 2 N–H and O–H groups in total. The summed E-state index contributed by atoms with van der Waals surface area (Å²) in [6, 6.07) is 10.5. The van der Waals surface area contributed by atoms with Gasteiger partial charge in [-0.1, -0.05) is 55.9 Å². The van der Waals surface area contributed by atoms with Gasteiger partial charge in [-0.25, -0.2) is 4.39 Å². The van der Waals surface area contributed by atoms with E-state index in [1.807, 2.05) is 39.0 Å². The van der Waals surface area contributed by atoms with Gasteiger partial charge in [-0.2, -0.15) is 0 Å². The highest BCUT2D eigenvalue weighted by Gasteiger charge is 2.26. The Morgan fingerprint density at radius 1 is 1.28 bits per heavy atom. The number of nitrogens with zero attached hydrogens (tertiary/aromatic N) is 1. The summed E-state index contributed by atoms with van der Waals surface area (Å²) in [6.07, 6.45) is 7.76. The van der Waals surface area contributed by atoms with Crippen LogP contribution in [0.25, 0.3) is 11.1 Å². The number of oxime groups is 1. The standard InChI is InChI=1S/C27H29FN2O2/c1-5-7-8-9-24(29)26-16-25(30-32-26)20-13-19(22-11-10-17(3)12-23(22)28)14-21(15-20)27(31)18(4)6-2/h5,7-15,18,26H,1,6,16,29H2,2-4H3/b8-7-,24-9-. The number of hydrogen-bond donors (Lipinski definition) is 1. The summed E-state index contributed by atoms with van der Waals surface area (Å²) in [7, 11) is 0. The zero-order valence-electron chi connectivity index (χ0n) is 18.8. The van der Waals surface area contributed by atoms with E-state index in [1.54, 1.807) is 36.4 Å². The maximum Gasteiger partial charge on any atom is 0.172 e. The highest BCUT2D eigenvalue weighted by molar-refractivity contribution is 6.06. The molecule has 5 heteroatoms. The first kappa shape index (κ1) is 23.2. The Balaban J connectivity index is 2.00. The van der Waals surface area contributed by atoms with Crippen LogP contribution in [0.1, 0.15) is 48.2 Å². The number of halogens is 1. The van der Waals surface area contributed by atoms with E-state index < -0.39 is 6.10 Å². The van der Waals surface area contributed by atoms with E-state index in [9.17, 15) is 9.18 Å². The molecule has 0 bridgehead atoms. The largest absolute Gasteiger partial charge is 0.399 e. The van der Waals surface area contributed by atoms with Gasteiger partial charge in [0, 0.05) is 29.0 Å². The Morgan fingerprint density at radius 3 is 2.72 bits per heavy atom. The molecule has 2 aromatic rings. The number of ketones is 1. The summed E-state index contributed by atoms with van der Waals surface area (Å²) < 4.78 is 14.7. The molecule has 0 amide bonds. The van der Waals surface area contributed by atoms with Crippen molar-refractivity contribution < 1.29 is 14.0 Å². The highest BCUT2D eigenvalue weighted by Crippen LogP contribution is 2.30. The van der Waals surface area contributed by atoms with Gasteiger partial charge in [-0.05, 0) is 54.8 Å². The van der Waals surface area contributed by atoms with Gasteiger partial charge in [0.15, 0.2) is 11.9 Å². The van der Waals surface area contributed by atoms with E-state index in [1.165, 1.54) is 6.07 Å². The summed E-state index contributed by atoms with van der Waals surface area (Å²) in [6.45, 7) is 9.34. The predicted octanol–water partition coefficient (Wildman–Crippen LogP) is 6.11. The minimum Gasteiger partial charge on any atom is -0.399 e. The van der Waals surface area contributed by atoms with Crippen molar-refractivity contribution in [2.75, 3.05) is 0 Å². The van der Waals surface area contributed by atoms with Gasteiger partial charge < -0.3 is 10.6 Å². The minimum absolute atomic E-state index is 0.0214. The van der Waals surface area contributed by atoms with Crippen molar-refractivity contribution in [1.82, 2.24) is 0 Å². The molecule has 32 heavy (non-hydrogen) atoms. The zero-order valence-corrected chi connectivity index (χ0v) is 18.8. The molecule has 3 rings (SSSR count). The van der Waals surface area contributed by atoms with Gasteiger partial charge >= 0.3 is 0 Å². The van der Waals surface area contributed by atoms with Crippen LogP contribution in [0.3, 0.4) is 0 Å². The molecular weight excluding hydrogens is 403 g/mol. The SMILES string of the molecule is C=C/C=C\C=C(/N)C1CC(c2cc(C(=O)C(C)CC)cc(-c3ccc(C)cc3F)c2)=NO1. The molecule has 1 aliphatic rings. The topological polar surface area (TPSA) is 64.7 Å². The third kappa shape index (κ3) is 5.22. The summed E-state index contributed by atoms with van der Waals surface area (Å²) in [5, 5.41) is 4.22. The number of nitrogens with two attached hydrogens (primary N) is 1. The Hall–Kier alpha value is -3.47. The first-order chi connectivity index (χ1) is 15.3. The molecule has 1 heterocycles. The normalized spacial score (nSPS) is 17.2. The maximum absolute atomic E-state index is 14.7. The van der Waals surface area contributed by atoms with Crippen LogP contribution in [-0.4, -0.2) is 17.6 Å². The van der Waals surface area contributed by atoms with Crippen LogP contribution < -0.4 is 5.73 Å². The average molecular weight is 433 g/mol. The third-order valence-corrected chi connectivity index (χ3v) is 5.62. The molecule has 2 atom stereocenters. The van der Waals surface area contributed by atoms with Crippen LogP contribution in [0, 0.1) is 18.7 Å². The van der Waals surface area contributed by atoms with Crippen LogP contribution in [0.15, 0.2) is 78.1 Å². The molecular formula is C27H29FN2O2. The highest BCUT2D eigenvalue weighted by atomic mass is 19.1. The molecule has 1 aliphatic heterocycles. The van der Waals surface area contributed by atoms with Crippen molar-refractivity contribution in [3.05, 3.63) is 95.5 Å². The molecule has 2 aromatic carbocycles. The lowest BCUT2D eigenvalue weighted by Gasteiger charge is -2.13. The number of carbonyl (C=O) groups is 1. The van der Waals surface area contributed by atoms with Crippen LogP contribution >= 0.6 is 0 Å². The van der Waals surface area contributed by atoms with E-state index in [-0.39, 0.29) is 17.5 Å². The van der Waals surface area contributed by atoms with E-state index in [0.29, 0.717) is 34.5 Å². The fourth-order valence-electron chi connectivity index (χ4n) is 3.50. The molecule has 4 nitrogen and oxygen atoms in total. The lowest BCUT2D eigenvalue weighted by atomic mass is 9.90. The number of rotatable bonds is 8. The molecule has 0 aliphatic carbocycles. The number of carbonyl (C=O) groups excluding carboxylic acids is 1. The quantitative estimate of drug-likeness (QED) is 0.404. The van der Waals surface area contributed by atoms with Crippen molar-refractivity contribution in [2.45, 2.75) is 39.7 Å². The van der Waals surface area contributed by atoms with E-state index in [0.717, 1.165) is 17.5 Å². The van der Waals surface area contributed by atoms with Crippen molar-refractivity contribution in [3.8, 4) is 11.1 Å². The molecule has 166 valence electrons. The lowest BCUT2D eigenvalue weighted by molar-refractivity contribution is 0.0927. The van der Waals surface area contributed by atoms with Gasteiger partial charge in [-0.15, -0.1) is 0 Å². The predicted molar refractivity (Wildman–Crippen MR) is 128 cm³/mol. The molecule has 0 fully saturated rings. The smallest absolute Gasteiger partial charge is 0.172 e. The molecule has 0 radical (unpaired) electrons. The Morgan fingerprint density at radius 2 is 2.03 bits per heavy atom. The number of allylic oxidation sites excluding steroid dienone is 4. The van der Waals surface area contributed by atoms with Gasteiger partial charge in [0.1, 0.15) is 5.82 Å². The van der Waals surface area contributed by atoms with E-state index in [4.69, 9.17) is 10.6 Å². The average Bonchev–Trinajstić information content (AvgIpc) is 3.28. The Bertz CT molecular complexity index is 1110. The van der Waals surface area contributed by atoms with Crippen molar-refractivity contribution in [1.29, 1.82) is 0 Å². The summed E-state index contributed by atoms with van der Waals surface area (Å²) in [5.41, 5.74) is 10.5. The fourth-order valence-corrected chi connectivity index (χ4v) is 3.50. The minimum atomic E-state index is -0.395. The van der Waals surface area contributed by atoms with Gasteiger partial charge in [-0.3, -0.25) is 4.79 Å². The van der Waals surface area contributed by atoms with Crippen molar-refractivity contribution in [2.24, 2.45) is 16.8 Å². The second kappa shape index (κ2) is 10.2. The number of hydrogen-bond acceptors (Lipinski definition) is 4. The summed E-state index contributed by atoms with van der Waals surface area (Å²) in [5.74, 6) is -0.438.